The largest absolute Gasteiger partial charge is 0.483 e. The van der Waals surface area contributed by atoms with Crippen LogP contribution in [0.4, 0.5) is 0 Å². The van der Waals surface area contributed by atoms with Crippen LogP contribution in [0.25, 0.3) is 10.8 Å². The van der Waals surface area contributed by atoms with Gasteiger partial charge in [-0.2, -0.15) is 0 Å². The molecule has 4 nitrogen and oxygen atoms in total. The summed E-state index contributed by atoms with van der Waals surface area (Å²) >= 11 is 0. The Morgan fingerprint density at radius 3 is 2.86 bits per heavy atom. The van der Waals surface area contributed by atoms with Gasteiger partial charge in [-0.15, -0.1) is 12.4 Å². The molecule has 2 aromatic rings. The normalized spacial score (nSPS) is 17.9. The summed E-state index contributed by atoms with van der Waals surface area (Å²) in [6, 6.07) is 14.3. The van der Waals surface area contributed by atoms with Crippen LogP contribution in [-0.4, -0.2) is 43.1 Å². The van der Waals surface area contributed by atoms with E-state index in [9.17, 15) is 4.79 Å². The van der Waals surface area contributed by atoms with Crippen molar-refractivity contribution in [2.24, 2.45) is 0 Å². The maximum atomic E-state index is 12.2. The highest BCUT2D eigenvalue weighted by Crippen LogP contribution is 2.25. The minimum Gasteiger partial charge on any atom is -0.483 e. The molecule has 22 heavy (non-hydrogen) atoms. The molecule has 1 unspecified atom stereocenters. The van der Waals surface area contributed by atoms with Crippen molar-refractivity contribution in [3.05, 3.63) is 42.5 Å². The summed E-state index contributed by atoms with van der Waals surface area (Å²) < 4.78 is 5.76. The summed E-state index contributed by atoms with van der Waals surface area (Å²) in [5, 5.41) is 5.50. The van der Waals surface area contributed by atoms with E-state index in [1.165, 1.54) is 0 Å². The molecule has 0 bridgehead atoms. The second-order valence-corrected chi connectivity index (χ2v) is 5.46. The Morgan fingerprint density at radius 2 is 2.05 bits per heavy atom. The lowest BCUT2D eigenvalue weighted by atomic mass is 10.1. The SMILES string of the molecule is CC1CN(C(=O)COc2cccc3ccccc23)CCN1.Cl. The Morgan fingerprint density at radius 1 is 1.27 bits per heavy atom. The molecule has 1 aliphatic heterocycles. The van der Waals surface area contributed by atoms with Crippen LogP contribution in [0, 0.1) is 0 Å². The first kappa shape index (κ1) is 16.6. The van der Waals surface area contributed by atoms with Gasteiger partial charge in [0.1, 0.15) is 5.75 Å². The first-order valence-corrected chi connectivity index (χ1v) is 7.36. The zero-order chi connectivity index (χ0) is 14.7. The van der Waals surface area contributed by atoms with Gasteiger partial charge in [-0.05, 0) is 18.4 Å². The highest BCUT2D eigenvalue weighted by atomic mass is 35.5. The van der Waals surface area contributed by atoms with E-state index < -0.39 is 0 Å². The average Bonchev–Trinajstić information content (AvgIpc) is 2.52. The standard InChI is InChI=1S/C17H20N2O2.ClH/c1-13-11-19(10-9-18-13)17(20)12-21-16-8-4-6-14-5-2-3-7-15(14)16;/h2-8,13,18H,9-12H2,1H3;1H. The molecule has 118 valence electrons. The summed E-state index contributed by atoms with van der Waals surface area (Å²) in [4.78, 5) is 14.1. The van der Waals surface area contributed by atoms with Gasteiger partial charge in [0, 0.05) is 31.1 Å². The monoisotopic (exact) mass is 320 g/mol. The Hall–Kier alpha value is -1.78. The summed E-state index contributed by atoms with van der Waals surface area (Å²) in [5.74, 6) is 0.820. The third-order valence-electron chi connectivity index (χ3n) is 3.82. The van der Waals surface area contributed by atoms with Crippen molar-refractivity contribution >= 4 is 29.1 Å². The molecule has 0 aliphatic carbocycles. The van der Waals surface area contributed by atoms with Crippen molar-refractivity contribution in [2.45, 2.75) is 13.0 Å². The first-order valence-electron chi connectivity index (χ1n) is 7.36. The van der Waals surface area contributed by atoms with Gasteiger partial charge in [-0.3, -0.25) is 4.79 Å². The zero-order valence-electron chi connectivity index (χ0n) is 12.6. The van der Waals surface area contributed by atoms with E-state index in [-0.39, 0.29) is 24.9 Å². The van der Waals surface area contributed by atoms with E-state index in [4.69, 9.17) is 4.74 Å². The number of nitrogens with one attached hydrogen (secondary N) is 1. The fraction of sp³-hybridized carbons (Fsp3) is 0.353. The molecule has 5 heteroatoms. The van der Waals surface area contributed by atoms with E-state index >= 15 is 0 Å². The number of carbonyl (C=O) groups is 1. The van der Waals surface area contributed by atoms with Crippen molar-refractivity contribution in [3.63, 3.8) is 0 Å². The van der Waals surface area contributed by atoms with Crippen LogP contribution in [0.3, 0.4) is 0 Å². The van der Waals surface area contributed by atoms with E-state index in [1.54, 1.807) is 0 Å². The molecule has 1 N–H and O–H groups in total. The molecule has 1 atom stereocenters. The number of halogens is 1. The van der Waals surface area contributed by atoms with Crippen molar-refractivity contribution in [2.75, 3.05) is 26.2 Å². The van der Waals surface area contributed by atoms with Crippen LogP contribution in [0.15, 0.2) is 42.5 Å². The zero-order valence-corrected chi connectivity index (χ0v) is 13.4. The number of piperazine rings is 1. The molecule has 1 aliphatic rings. The van der Waals surface area contributed by atoms with Crippen LogP contribution in [0.1, 0.15) is 6.92 Å². The highest BCUT2D eigenvalue weighted by Gasteiger charge is 2.20. The van der Waals surface area contributed by atoms with E-state index in [0.29, 0.717) is 6.04 Å². The van der Waals surface area contributed by atoms with Gasteiger partial charge in [0.05, 0.1) is 0 Å². The van der Waals surface area contributed by atoms with E-state index in [0.717, 1.165) is 36.2 Å². The second kappa shape index (κ2) is 7.47. The summed E-state index contributed by atoms with van der Waals surface area (Å²) in [5.41, 5.74) is 0. The summed E-state index contributed by atoms with van der Waals surface area (Å²) in [7, 11) is 0. The predicted molar refractivity (Wildman–Crippen MR) is 90.7 cm³/mol. The minimum atomic E-state index is 0. The third kappa shape index (κ3) is 3.70. The van der Waals surface area contributed by atoms with Crippen molar-refractivity contribution < 1.29 is 9.53 Å². The molecule has 0 aromatic heterocycles. The summed E-state index contributed by atoms with van der Waals surface area (Å²) in [6.07, 6.45) is 0. The lowest BCUT2D eigenvalue weighted by Crippen LogP contribution is -2.52. The number of carbonyl (C=O) groups excluding carboxylic acids is 1. The molecular weight excluding hydrogens is 300 g/mol. The van der Waals surface area contributed by atoms with E-state index in [1.807, 2.05) is 47.4 Å². The number of hydrogen-bond acceptors (Lipinski definition) is 3. The Bertz CT molecular complexity index is 642. The Kier molecular flexibility index (Phi) is 5.63. The quantitative estimate of drug-likeness (QED) is 0.944. The number of benzene rings is 2. The summed E-state index contributed by atoms with van der Waals surface area (Å²) in [6.45, 7) is 4.53. The van der Waals surface area contributed by atoms with E-state index in [2.05, 4.69) is 12.2 Å². The van der Waals surface area contributed by atoms with Gasteiger partial charge in [-0.1, -0.05) is 36.4 Å². The molecule has 0 radical (unpaired) electrons. The number of fused-ring (bicyclic) bond motifs is 1. The van der Waals surface area contributed by atoms with Gasteiger partial charge in [0.25, 0.3) is 5.91 Å². The fourth-order valence-corrected chi connectivity index (χ4v) is 2.71. The van der Waals surface area contributed by atoms with Gasteiger partial charge in [0.2, 0.25) is 0 Å². The van der Waals surface area contributed by atoms with Gasteiger partial charge >= 0.3 is 0 Å². The van der Waals surface area contributed by atoms with Crippen LogP contribution >= 0.6 is 12.4 Å². The average molecular weight is 321 g/mol. The molecule has 1 amide bonds. The number of amides is 1. The molecule has 1 heterocycles. The van der Waals surface area contributed by atoms with Crippen LogP contribution in [0.2, 0.25) is 0 Å². The molecule has 0 spiro atoms. The number of rotatable bonds is 3. The van der Waals surface area contributed by atoms with Crippen LogP contribution in [-0.2, 0) is 4.79 Å². The minimum absolute atomic E-state index is 0. The smallest absolute Gasteiger partial charge is 0.260 e. The van der Waals surface area contributed by atoms with Crippen molar-refractivity contribution in [1.82, 2.24) is 10.2 Å². The molecule has 0 saturated carbocycles. The Balaban J connectivity index is 0.00000176. The van der Waals surface area contributed by atoms with Crippen molar-refractivity contribution in [3.8, 4) is 5.75 Å². The fourth-order valence-electron chi connectivity index (χ4n) is 2.71. The third-order valence-corrected chi connectivity index (χ3v) is 3.82. The lowest BCUT2D eigenvalue weighted by molar-refractivity contribution is -0.134. The van der Waals surface area contributed by atoms with Gasteiger partial charge < -0.3 is 15.0 Å². The maximum Gasteiger partial charge on any atom is 0.260 e. The number of hydrogen-bond donors (Lipinski definition) is 1. The molecule has 3 rings (SSSR count). The Labute approximate surface area is 136 Å². The molecule has 1 saturated heterocycles. The molecular formula is C17H21ClN2O2. The second-order valence-electron chi connectivity index (χ2n) is 5.46. The highest BCUT2D eigenvalue weighted by molar-refractivity contribution is 5.88. The van der Waals surface area contributed by atoms with Gasteiger partial charge in [-0.25, -0.2) is 0 Å². The number of ether oxygens (including phenoxy) is 1. The predicted octanol–water partition coefficient (Wildman–Crippen LogP) is 2.46. The number of nitrogens with zero attached hydrogens (tertiary/aromatic N) is 1. The van der Waals surface area contributed by atoms with Crippen molar-refractivity contribution in [1.29, 1.82) is 0 Å². The topological polar surface area (TPSA) is 41.6 Å². The van der Waals surface area contributed by atoms with Gasteiger partial charge in [0.15, 0.2) is 6.61 Å². The first-order chi connectivity index (χ1) is 10.2. The lowest BCUT2D eigenvalue weighted by Gasteiger charge is -2.31. The van der Waals surface area contributed by atoms with Crippen LogP contribution < -0.4 is 10.1 Å². The molecule has 2 aromatic carbocycles. The molecule has 1 fully saturated rings. The maximum absolute atomic E-state index is 12.2. The van der Waals surface area contributed by atoms with Crippen LogP contribution in [0.5, 0.6) is 5.75 Å².